The number of likely N-dealkylation sites (tertiary alicyclic amines) is 1. The summed E-state index contributed by atoms with van der Waals surface area (Å²) in [4.78, 5) is 19.7. The Labute approximate surface area is 158 Å². The molecule has 0 aliphatic carbocycles. The molecule has 1 unspecified atom stereocenters. The first-order valence-electron chi connectivity index (χ1n) is 8.81. The number of methoxy groups -OCH3 is 1. The second-order valence-electron chi connectivity index (χ2n) is 6.43. The first kappa shape index (κ1) is 18.7. The molecule has 6 nitrogen and oxygen atoms in total. The molecule has 0 radical (unpaired) electrons. The van der Waals surface area contributed by atoms with E-state index in [0.29, 0.717) is 29.6 Å². The van der Waals surface area contributed by atoms with Gasteiger partial charge in [-0.1, -0.05) is 6.92 Å². The van der Waals surface area contributed by atoms with E-state index in [1.54, 1.807) is 42.3 Å². The summed E-state index contributed by atoms with van der Waals surface area (Å²) in [5.41, 5.74) is 0.953. The van der Waals surface area contributed by atoms with Crippen molar-refractivity contribution in [2.24, 2.45) is 0 Å². The van der Waals surface area contributed by atoms with Crippen molar-refractivity contribution in [1.29, 1.82) is 5.41 Å². The van der Waals surface area contributed by atoms with E-state index in [-0.39, 0.29) is 16.2 Å². The van der Waals surface area contributed by atoms with Crippen molar-refractivity contribution in [3.8, 4) is 5.75 Å². The van der Waals surface area contributed by atoms with Crippen LogP contribution in [0.2, 0.25) is 0 Å². The highest BCUT2D eigenvalue weighted by molar-refractivity contribution is 7.80. The Morgan fingerprint density at radius 2 is 2.12 bits per heavy atom. The van der Waals surface area contributed by atoms with Gasteiger partial charge in [0.2, 0.25) is 0 Å². The van der Waals surface area contributed by atoms with E-state index >= 15 is 0 Å². The highest BCUT2D eigenvalue weighted by Gasteiger charge is 2.24. The summed E-state index contributed by atoms with van der Waals surface area (Å²) < 4.78 is 6.75. The van der Waals surface area contributed by atoms with Crippen LogP contribution in [0, 0.1) is 5.41 Å². The molecule has 1 aliphatic rings. The van der Waals surface area contributed by atoms with Crippen molar-refractivity contribution in [3.63, 3.8) is 0 Å². The Balaban J connectivity index is 1.84. The number of thiol groups is 1. The Morgan fingerprint density at radius 3 is 2.77 bits per heavy atom. The third-order valence-electron chi connectivity index (χ3n) is 4.94. The molecule has 26 heavy (non-hydrogen) atoms. The summed E-state index contributed by atoms with van der Waals surface area (Å²) in [6.45, 7) is 4.82. The molecule has 1 aromatic carbocycles. The molecule has 1 atom stereocenters. The van der Waals surface area contributed by atoms with Crippen LogP contribution in [0.3, 0.4) is 0 Å². The van der Waals surface area contributed by atoms with E-state index < -0.39 is 0 Å². The molecule has 1 N–H and O–H groups in total. The third kappa shape index (κ3) is 3.68. The molecule has 0 bridgehead atoms. The molecule has 3 rings (SSSR count). The minimum atomic E-state index is -0.195. The Hall–Kier alpha value is -2.12. The van der Waals surface area contributed by atoms with E-state index in [9.17, 15) is 4.79 Å². The van der Waals surface area contributed by atoms with Gasteiger partial charge >= 0.3 is 0 Å². The van der Waals surface area contributed by atoms with Crippen LogP contribution in [-0.4, -0.2) is 46.4 Å². The maximum absolute atomic E-state index is 12.7. The average molecular weight is 372 g/mol. The molecule has 2 aromatic rings. The fourth-order valence-corrected chi connectivity index (χ4v) is 3.73. The summed E-state index contributed by atoms with van der Waals surface area (Å²) in [7, 11) is 1.59. The van der Waals surface area contributed by atoms with Gasteiger partial charge in [0.15, 0.2) is 0 Å². The Bertz CT molecular complexity index is 848. The number of rotatable bonds is 6. The van der Waals surface area contributed by atoms with Crippen LogP contribution in [0.25, 0.3) is 0 Å². The number of nitrogens with one attached hydrogen (secondary N) is 1. The van der Waals surface area contributed by atoms with Gasteiger partial charge in [-0.2, -0.15) is 0 Å². The fraction of sp³-hybridized carbons (Fsp3) is 0.421. The number of nitrogens with zero attached hydrogens (tertiary/aromatic N) is 3. The van der Waals surface area contributed by atoms with Crippen molar-refractivity contribution in [2.75, 3.05) is 20.2 Å². The van der Waals surface area contributed by atoms with E-state index in [0.717, 1.165) is 25.9 Å². The van der Waals surface area contributed by atoms with E-state index in [1.165, 1.54) is 0 Å². The van der Waals surface area contributed by atoms with Gasteiger partial charge in [-0.3, -0.25) is 19.7 Å². The second-order valence-corrected chi connectivity index (χ2v) is 6.87. The molecule has 2 heterocycles. The minimum Gasteiger partial charge on any atom is -0.497 e. The monoisotopic (exact) mass is 372 g/mol. The molecule has 0 saturated carbocycles. The quantitative estimate of drug-likeness (QED) is 0.604. The predicted molar refractivity (Wildman–Crippen MR) is 105 cm³/mol. The molecule has 1 saturated heterocycles. The lowest BCUT2D eigenvalue weighted by Crippen LogP contribution is -2.36. The third-order valence-corrected chi connectivity index (χ3v) is 5.35. The standard InChI is InChI=1S/C19H24N4O2S/c1-3-22-10-4-5-14(22)11-23-12-21-17(18(26)19(23)24)16(20)13-6-8-15(25-2)9-7-13/h6-9,12,14,20,26H,3-5,10-11H2,1-2H3. The summed E-state index contributed by atoms with van der Waals surface area (Å²) in [5, 5.41) is 8.38. The van der Waals surface area contributed by atoms with E-state index in [4.69, 9.17) is 10.1 Å². The second kappa shape index (κ2) is 8.05. The lowest BCUT2D eigenvalue weighted by molar-refractivity contribution is 0.241. The zero-order valence-electron chi connectivity index (χ0n) is 15.1. The van der Waals surface area contributed by atoms with Crippen LogP contribution in [-0.2, 0) is 6.54 Å². The van der Waals surface area contributed by atoms with Crippen LogP contribution in [0.4, 0.5) is 0 Å². The molecule has 0 amide bonds. The Morgan fingerprint density at radius 1 is 1.38 bits per heavy atom. The molecular weight excluding hydrogens is 348 g/mol. The number of aromatic nitrogens is 2. The summed E-state index contributed by atoms with van der Waals surface area (Å²) in [6, 6.07) is 7.48. The number of benzene rings is 1. The normalized spacial score (nSPS) is 17.4. The van der Waals surface area contributed by atoms with Gasteiger partial charge < -0.3 is 4.74 Å². The predicted octanol–water partition coefficient (Wildman–Crippen LogP) is 2.44. The molecule has 1 aliphatic heterocycles. The summed E-state index contributed by atoms with van der Waals surface area (Å²) >= 11 is 4.38. The van der Waals surface area contributed by atoms with Gasteiger partial charge in [0.25, 0.3) is 5.56 Å². The SMILES string of the molecule is CCN1CCCC1Cn1cnc(C(=N)c2ccc(OC)cc2)c(S)c1=O. The van der Waals surface area contributed by atoms with E-state index in [1.807, 2.05) is 0 Å². The Kier molecular flexibility index (Phi) is 5.78. The molecule has 7 heteroatoms. The number of hydrogen-bond acceptors (Lipinski definition) is 6. The lowest BCUT2D eigenvalue weighted by Gasteiger charge is -2.23. The largest absolute Gasteiger partial charge is 0.497 e. The molecule has 138 valence electrons. The lowest BCUT2D eigenvalue weighted by atomic mass is 10.1. The molecule has 1 aromatic heterocycles. The highest BCUT2D eigenvalue weighted by Crippen LogP contribution is 2.19. The van der Waals surface area contributed by atoms with E-state index in [2.05, 4.69) is 29.4 Å². The number of hydrogen-bond donors (Lipinski definition) is 2. The first-order valence-corrected chi connectivity index (χ1v) is 9.25. The van der Waals surface area contributed by atoms with Gasteiger partial charge in [0, 0.05) is 18.2 Å². The number of likely N-dealkylation sites (N-methyl/N-ethyl adjacent to an activating group) is 1. The van der Waals surface area contributed by atoms with Crippen LogP contribution in [0.5, 0.6) is 5.75 Å². The van der Waals surface area contributed by atoms with Crippen LogP contribution in [0.15, 0.2) is 40.3 Å². The van der Waals surface area contributed by atoms with Crippen LogP contribution in [0.1, 0.15) is 31.0 Å². The molecular formula is C19H24N4O2S. The highest BCUT2D eigenvalue weighted by atomic mass is 32.1. The van der Waals surface area contributed by atoms with Crippen molar-refractivity contribution in [3.05, 3.63) is 52.2 Å². The van der Waals surface area contributed by atoms with Gasteiger partial charge in [-0.05, 0) is 50.2 Å². The fourth-order valence-electron chi connectivity index (χ4n) is 3.43. The smallest absolute Gasteiger partial charge is 0.267 e. The number of ether oxygens (including phenoxy) is 1. The average Bonchev–Trinajstić information content (AvgIpc) is 3.12. The summed E-state index contributed by atoms with van der Waals surface area (Å²) in [6.07, 6.45) is 3.79. The zero-order chi connectivity index (χ0) is 18.7. The maximum Gasteiger partial charge on any atom is 0.267 e. The zero-order valence-corrected chi connectivity index (χ0v) is 16.0. The van der Waals surface area contributed by atoms with Crippen molar-refractivity contribution >= 4 is 18.3 Å². The topological polar surface area (TPSA) is 71.2 Å². The van der Waals surface area contributed by atoms with Gasteiger partial charge in [-0.15, -0.1) is 12.6 Å². The molecule has 0 spiro atoms. The van der Waals surface area contributed by atoms with Gasteiger partial charge in [0.05, 0.1) is 24.0 Å². The first-order chi connectivity index (χ1) is 12.5. The van der Waals surface area contributed by atoms with Gasteiger partial charge in [0.1, 0.15) is 11.4 Å². The van der Waals surface area contributed by atoms with Crippen LogP contribution >= 0.6 is 12.6 Å². The maximum atomic E-state index is 12.7. The van der Waals surface area contributed by atoms with Crippen molar-refractivity contribution in [2.45, 2.75) is 37.2 Å². The van der Waals surface area contributed by atoms with Crippen molar-refractivity contribution < 1.29 is 4.74 Å². The summed E-state index contributed by atoms with van der Waals surface area (Å²) in [5.74, 6) is 0.716. The molecule has 1 fully saturated rings. The van der Waals surface area contributed by atoms with Crippen LogP contribution < -0.4 is 10.3 Å². The van der Waals surface area contributed by atoms with Crippen molar-refractivity contribution in [1.82, 2.24) is 14.5 Å². The minimum absolute atomic E-state index is 0.179. The van der Waals surface area contributed by atoms with Gasteiger partial charge in [-0.25, -0.2) is 4.98 Å².